The van der Waals surface area contributed by atoms with Crippen LogP contribution < -0.4 is 5.73 Å². The second-order valence-electron chi connectivity index (χ2n) is 4.78. The number of carbonyl (C=O) groups excluding carboxylic acids is 1. The molecule has 108 valence electrons. The second-order valence-corrected chi connectivity index (χ2v) is 4.78. The van der Waals surface area contributed by atoms with Gasteiger partial charge in [0.15, 0.2) is 0 Å². The minimum atomic E-state index is -0.360. The van der Waals surface area contributed by atoms with Gasteiger partial charge in [-0.25, -0.2) is 4.39 Å². The van der Waals surface area contributed by atoms with Crippen LogP contribution in [0.3, 0.4) is 0 Å². The van der Waals surface area contributed by atoms with E-state index in [1.165, 1.54) is 6.07 Å². The van der Waals surface area contributed by atoms with Crippen molar-refractivity contribution in [2.45, 2.75) is 6.54 Å². The number of carbonyl (C=O) groups is 1. The number of nitrogens with two attached hydrogens (primary N) is 1. The Morgan fingerprint density at radius 2 is 2.05 bits per heavy atom. The predicted molar refractivity (Wildman–Crippen MR) is 77.4 cm³/mol. The smallest absolute Gasteiger partial charge is 0.236 e. The Bertz CT molecular complexity index is 532. The van der Waals surface area contributed by atoms with Crippen LogP contribution in [0.15, 0.2) is 18.2 Å². The molecule has 0 bridgehead atoms. The molecule has 0 unspecified atom stereocenters. The zero-order valence-electron chi connectivity index (χ0n) is 12.1. The summed E-state index contributed by atoms with van der Waals surface area (Å²) in [5, 5.41) is 0. The van der Waals surface area contributed by atoms with Crippen LogP contribution in [0.2, 0.25) is 0 Å². The van der Waals surface area contributed by atoms with Crippen molar-refractivity contribution in [2.24, 2.45) is 5.73 Å². The summed E-state index contributed by atoms with van der Waals surface area (Å²) in [4.78, 5) is 15.0. The zero-order valence-corrected chi connectivity index (χ0v) is 12.1. The largest absolute Gasteiger partial charge is 0.348 e. The van der Waals surface area contributed by atoms with Crippen LogP contribution >= 0.6 is 0 Å². The summed E-state index contributed by atoms with van der Waals surface area (Å²) >= 11 is 0. The SMILES string of the molecule is CN(CC(=O)N(C)C)Cc1ccc(F)c(C#CCN)c1. The Labute approximate surface area is 119 Å². The van der Waals surface area contributed by atoms with Crippen LogP contribution in [0.1, 0.15) is 11.1 Å². The van der Waals surface area contributed by atoms with Crippen LogP contribution in [0.4, 0.5) is 4.39 Å². The molecule has 4 nitrogen and oxygen atoms in total. The van der Waals surface area contributed by atoms with Crippen molar-refractivity contribution in [2.75, 3.05) is 34.2 Å². The predicted octanol–water partition coefficient (Wildman–Crippen LogP) is 0.656. The van der Waals surface area contributed by atoms with Crippen LogP contribution in [0, 0.1) is 17.7 Å². The molecule has 1 rings (SSSR count). The lowest BCUT2D eigenvalue weighted by atomic mass is 10.1. The third-order valence-electron chi connectivity index (χ3n) is 2.71. The summed E-state index contributed by atoms with van der Waals surface area (Å²) in [6.07, 6.45) is 0. The molecule has 1 aromatic carbocycles. The maximum absolute atomic E-state index is 13.5. The Morgan fingerprint density at radius 1 is 1.35 bits per heavy atom. The number of benzene rings is 1. The van der Waals surface area contributed by atoms with E-state index in [-0.39, 0.29) is 18.3 Å². The normalized spacial score (nSPS) is 10.1. The Morgan fingerprint density at radius 3 is 2.65 bits per heavy atom. The molecule has 1 amide bonds. The van der Waals surface area contributed by atoms with E-state index < -0.39 is 0 Å². The van der Waals surface area contributed by atoms with Gasteiger partial charge < -0.3 is 10.6 Å². The van der Waals surface area contributed by atoms with Gasteiger partial charge in [-0.2, -0.15) is 0 Å². The van der Waals surface area contributed by atoms with Gasteiger partial charge in [-0.1, -0.05) is 17.9 Å². The molecule has 0 aliphatic carbocycles. The highest BCUT2D eigenvalue weighted by Gasteiger charge is 2.09. The van der Waals surface area contributed by atoms with Crippen LogP contribution in [-0.2, 0) is 11.3 Å². The third-order valence-corrected chi connectivity index (χ3v) is 2.71. The summed E-state index contributed by atoms with van der Waals surface area (Å²) in [5.74, 6) is 5.00. The molecule has 0 saturated heterocycles. The number of likely N-dealkylation sites (N-methyl/N-ethyl adjacent to an activating group) is 2. The van der Waals surface area contributed by atoms with E-state index in [0.29, 0.717) is 18.7 Å². The van der Waals surface area contributed by atoms with E-state index in [1.54, 1.807) is 31.1 Å². The summed E-state index contributed by atoms with van der Waals surface area (Å²) in [6.45, 7) is 1.06. The lowest BCUT2D eigenvalue weighted by Crippen LogP contribution is -2.34. The van der Waals surface area contributed by atoms with Gasteiger partial charge in [0.05, 0.1) is 18.7 Å². The second kappa shape index (κ2) is 7.63. The molecule has 5 heteroatoms. The number of hydrogen-bond acceptors (Lipinski definition) is 3. The molecule has 20 heavy (non-hydrogen) atoms. The number of halogens is 1. The highest BCUT2D eigenvalue weighted by molar-refractivity contribution is 5.77. The average Bonchev–Trinajstić information content (AvgIpc) is 2.39. The first-order valence-electron chi connectivity index (χ1n) is 6.30. The first kappa shape index (κ1) is 16.2. The third kappa shape index (κ3) is 5.00. The fraction of sp³-hybridized carbons (Fsp3) is 0.400. The first-order chi connectivity index (χ1) is 9.43. The van der Waals surface area contributed by atoms with Crippen molar-refractivity contribution >= 4 is 5.91 Å². The van der Waals surface area contributed by atoms with E-state index in [4.69, 9.17) is 5.73 Å². The number of amides is 1. The standard InChI is InChI=1S/C15H20FN3O/c1-18(2)15(20)11-19(3)10-12-6-7-14(16)13(9-12)5-4-8-17/h6-7,9H,8,10-11,17H2,1-3H3. The molecule has 1 aromatic rings. The highest BCUT2D eigenvalue weighted by atomic mass is 19.1. The highest BCUT2D eigenvalue weighted by Crippen LogP contribution is 2.11. The van der Waals surface area contributed by atoms with E-state index in [1.807, 2.05) is 11.9 Å². The van der Waals surface area contributed by atoms with Crippen molar-refractivity contribution in [3.63, 3.8) is 0 Å². The molecule has 0 heterocycles. The number of nitrogens with zero attached hydrogens (tertiary/aromatic N) is 2. The maximum atomic E-state index is 13.5. The number of rotatable bonds is 4. The lowest BCUT2D eigenvalue weighted by molar-refractivity contribution is -0.129. The van der Waals surface area contributed by atoms with Crippen molar-refractivity contribution in [1.29, 1.82) is 0 Å². The first-order valence-corrected chi connectivity index (χ1v) is 6.30. The molecular weight excluding hydrogens is 257 g/mol. The van der Waals surface area contributed by atoms with Gasteiger partial charge in [-0.15, -0.1) is 0 Å². The summed E-state index contributed by atoms with van der Waals surface area (Å²) in [5.41, 5.74) is 6.52. The molecule has 2 N–H and O–H groups in total. The van der Waals surface area contributed by atoms with Gasteiger partial charge in [0.2, 0.25) is 5.91 Å². The van der Waals surface area contributed by atoms with E-state index in [0.717, 1.165) is 5.56 Å². The number of hydrogen-bond donors (Lipinski definition) is 1. The monoisotopic (exact) mass is 277 g/mol. The molecule has 0 atom stereocenters. The van der Waals surface area contributed by atoms with E-state index >= 15 is 0 Å². The summed E-state index contributed by atoms with van der Waals surface area (Å²) < 4.78 is 13.5. The van der Waals surface area contributed by atoms with Gasteiger partial charge in [-0.05, 0) is 24.7 Å². The summed E-state index contributed by atoms with van der Waals surface area (Å²) in [7, 11) is 5.28. The lowest BCUT2D eigenvalue weighted by Gasteiger charge is -2.19. The van der Waals surface area contributed by atoms with Crippen molar-refractivity contribution in [3.05, 3.63) is 35.1 Å². The quantitative estimate of drug-likeness (QED) is 0.822. The summed E-state index contributed by atoms with van der Waals surface area (Å²) in [6, 6.07) is 4.77. The van der Waals surface area contributed by atoms with Crippen LogP contribution in [0.5, 0.6) is 0 Å². The fourth-order valence-corrected chi connectivity index (χ4v) is 1.65. The van der Waals surface area contributed by atoms with Gasteiger partial charge in [0.25, 0.3) is 0 Å². The Hall–Kier alpha value is -1.90. The van der Waals surface area contributed by atoms with Crippen molar-refractivity contribution in [1.82, 2.24) is 9.80 Å². The van der Waals surface area contributed by atoms with Crippen LogP contribution in [-0.4, -0.2) is 49.9 Å². The van der Waals surface area contributed by atoms with Crippen molar-refractivity contribution < 1.29 is 9.18 Å². The minimum absolute atomic E-state index is 0.0257. The van der Waals surface area contributed by atoms with Crippen molar-refractivity contribution in [3.8, 4) is 11.8 Å². The van der Waals surface area contributed by atoms with Crippen LogP contribution in [0.25, 0.3) is 0 Å². The zero-order chi connectivity index (χ0) is 15.1. The Kier molecular flexibility index (Phi) is 6.16. The molecule has 0 radical (unpaired) electrons. The molecular formula is C15H20FN3O. The van der Waals surface area contributed by atoms with Gasteiger partial charge in [0, 0.05) is 20.6 Å². The van der Waals surface area contributed by atoms with Gasteiger partial charge in [-0.3, -0.25) is 9.69 Å². The Balaban J connectivity index is 2.75. The average molecular weight is 277 g/mol. The minimum Gasteiger partial charge on any atom is -0.348 e. The fourth-order valence-electron chi connectivity index (χ4n) is 1.65. The molecule has 0 aliphatic heterocycles. The molecule has 0 aliphatic rings. The molecule has 0 saturated carbocycles. The molecule has 0 spiro atoms. The molecule has 0 aromatic heterocycles. The molecule has 0 fully saturated rings. The van der Waals surface area contributed by atoms with Gasteiger partial charge in [0.1, 0.15) is 5.82 Å². The van der Waals surface area contributed by atoms with E-state index in [9.17, 15) is 9.18 Å². The van der Waals surface area contributed by atoms with Gasteiger partial charge >= 0.3 is 0 Å². The maximum Gasteiger partial charge on any atom is 0.236 e. The van der Waals surface area contributed by atoms with E-state index in [2.05, 4.69) is 11.8 Å². The topological polar surface area (TPSA) is 49.6 Å².